The van der Waals surface area contributed by atoms with Gasteiger partial charge < -0.3 is 0 Å². The van der Waals surface area contributed by atoms with Crippen molar-refractivity contribution in [2.45, 2.75) is 0 Å². The van der Waals surface area contributed by atoms with E-state index >= 15 is 0 Å². The molecule has 0 amide bonds. The van der Waals surface area contributed by atoms with Crippen molar-refractivity contribution >= 4 is 20.4 Å². The fourth-order valence-electron chi connectivity index (χ4n) is 0.582. The Morgan fingerprint density at radius 2 is 1.25 bits per heavy atom. The molecule has 0 N–H and O–H groups in total. The summed E-state index contributed by atoms with van der Waals surface area (Å²) in [5, 5.41) is 0. The molecule has 2 aromatic heterocycles. The van der Waals surface area contributed by atoms with Gasteiger partial charge in [-0.15, -0.1) is 0 Å². The molecule has 0 radical (unpaired) electrons. The summed E-state index contributed by atoms with van der Waals surface area (Å²) in [7, 11) is 0. The molecule has 0 aliphatic heterocycles. The maximum atomic E-state index is 4.68. The van der Waals surface area contributed by atoms with Gasteiger partial charge in [0.15, 0.2) is 0 Å². The first-order valence-electron chi connectivity index (χ1n) is 3.61. The first-order valence-corrected chi connectivity index (χ1v) is 6.30. The Labute approximate surface area is 81.9 Å². The van der Waals surface area contributed by atoms with Crippen LogP contribution in [0.1, 0.15) is 0 Å². The summed E-state index contributed by atoms with van der Waals surface area (Å²) in [6.45, 7) is 0. The second-order valence-electron chi connectivity index (χ2n) is 1.97. The predicted molar refractivity (Wildman–Crippen MR) is 50.9 cm³/mol. The van der Waals surface area contributed by atoms with Crippen molar-refractivity contribution in [2.75, 3.05) is 0 Å². The molecule has 12 heavy (non-hydrogen) atoms. The van der Waals surface area contributed by atoms with Crippen molar-refractivity contribution in [2.24, 2.45) is 0 Å². The van der Waals surface area contributed by atoms with Gasteiger partial charge in [0.2, 0.25) is 0 Å². The molecular weight excluding hydrogens is 264 g/mol. The number of hydrogen-bond donors (Lipinski definition) is 0. The average Bonchev–Trinajstić information content (AvgIpc) is 2.24. The van der Waals surface area contributed by atoms with Gasteiger partial charge in [0.1, 0.15) is 0 Å². The van der Waals surface area contributed by atoms with Gasteiger partial charge in [0, 0.05) is 12.1 Å². The molecule has 0 fully saturated rings. The predicted octanol–water partition coefficient (Wildman–Crippen LogP) is 2.59. The van der Waals surface area contributed by atoms with E-state index in [2.05, 4.69) is 30.8 Å². The van der Waals surface area contributed by atoms with Gasteiger partial charge in [0.05, 0.1) is 0 Å². The molecule has 0 bridgehead atoms. The molecule has 0 spiro atoms. The van der Waals surface area contributed by atoms with E-state index in [1.54, 1.807) is 12.5 Å². The van der Waals surface area contributed by atoms with Crippen molar-refractivity contribution in [1.82, 2.24) is 0 Å². The van der Waals surface area contributed by atoms with Crippen LogP contribution in [0.5, 0.6) is 0 Å². The second-order valence-corrected chi connectivity index (χ2v) is 4.30. The van der Waals surface area contributed by atoms with Gasteiger partial charge in [-0.05, 0) is 6.07 Å². The molecule has 0 atom stereocenters. The van der Waals surface area contributed by atoms with E-state index in [1.165, 1.54) is 0 Å². The van der Waals surface area contributed by atoms with Crippen molar-refractivity contribution in [3.8, 4) is 0 Å². The van der Waals surface area contributed by atoms with E-state index in [4.69, 9.17) is 0 Å². The van der Waals surface area contributed by atoms with Gasteiger partial charge in [-0.25, -0.2) is 4.42 Å². The zero-order valence-corrected chi connectivity index (χ0v) is 8.92. The fourth-order valence-corrected chi connectivity index (χ4v) is 1.88. The first-order chi connectivity index (χ1) is 6.00. The summed E-state index contributed by atoms with van der Waals surface area (Å²) in [5.41, 5.74) is 0. The van der Waals surface area contributed by atoms with Crippen LogP contribution in [0.15, 0.2) is 61.5 Å². The minimum absolute atomic E-state index is 0.180. The standard InChI is InChI=1S/C5H5O.C5H5Te/c2*1-2-4-6-5-3-1/h2*1-5H/q2*+1. The molecule has 0 aliphatic carbocycles. The van der Waals surface area contributed by atoms with E-state index in [9.17, 15) is 0 Å². The van der Waals surface area contributed by atoms with E-state index < -0.39 is 0 Å². The zero-order chi connectivity index (χ0) is 8.49. The van der Waals surface area contributed by atoms with Gasteiger partial charge in [-0.3, -0.25) is 0 Å². The third-order valence-electron chi connectivity index (χ3n) is 1.07. The fraction of sp³-hybridized carbons (Fsp3) is 0. The summed E-state index contributed by atoms with van der Waals surface area (Å²) in [5.74, 6) is 0. The van der Waals surface area contributed by atoms with Crippen LogP contribution < -0.4 is 0 Å². The monoisotopic (exact) mass is 276 g/mol. The van der Waals surface area contributed by atoms with Crippen LogP contribution in [0.2, 0.25) is 0 Å². The topological polar surface area (TPSA) is 11.3 Å². The number of rotatable bonds is 0. The molecule has 2 aromatic rings. The normalized spacial score (nSPS) is 8.00. The molecule has 2 heteroatoms. The molecule has 0 saturated carbocycles. The third-order valence-corrected chi connectivity index (χ3v) is 2.87. The average molecular weight is 274 g/mol. The van der Waals surface area contributed by atoms with Crippen molar-refractivity contribution in [3.63, 3.8) is 0 Å². The van der Waals surface area contributed by atoms with Crippen LogP contribution in [0.4, 0.5) is 0 Å². The SMILES string of the molecule is c1cc[o+]cc1.c1cc[te+]cc1. The summed E-state index contributed by atoms with van der Waals surface area (Å²) in [6.07, 6.45) is 3.25. The molecule has 60 valence electrons. The van der Waals surface area contributed by atoms with Gasteiger partial charge in [0.25, 0.3) is 0 Å². The quantitative estimate of drug-likeness (QED) is 0.530. The van der Waals surface area contributed by atoms with Crippen molar-refractivity contribution in [3.05, 3.63) is 57.1 Å². The summed E-state index contributed by atoms with van der Waals surface area (Å²) >= 11 is 0.180. The van der Waals surface area contributed by atoms with Crippen molar-refractivity contribution in [1.29, 1.82) is 0 Å². The first kappa shape index (κ1) is 9.38. The van der Waals surface area contributed by atoms with Gasteiger partial charge in [-0.2, -0.15) is 0 Å². The van der Waals surface area contributed by atoms with Crippen LogP contribution in [0.3, 0.4) is 0 Å². The van der Waals surface area contributed by atoms with Crippen molar-refractivity contribution < 1.29 is 4.42 Å². The van der Waals surface area contributed by atoms with Crippen LogP contribution in [-0.2, 0) is 0 Å². The minimum atomic E-state index is 0.180. The Kier molecular flexibility index (Phi) is 5.44. The van der Waals surface area contributed by atoms with Gasteiger partial charge in [-0.1, -0.05) is 0 Å². The molecule has 0 saturated heterocycles. The van der Waals surface area contributed by atoms with Crippen LogP contribution >= 0.6 is 0 Å². The zero-order valence-electron chi connectivity index (χ0n) is 6.59. The molecule has 2 heterocycles. The summed E-state index contributed by atoms with van der Waals surface area (Å²) in [4.78, 5) is 0. The second kappa shape index (κ2) is 6.97. The van der Waals surface area contributed by atoms with E-state index in [0.29, 0.717) is 0 Å². The van der Waals surface area contributed by atoms with Crippen LogP contribution in [0.25, 0.3) is 0 Å². The molecule has 1 nitrogen and oxygen atoms in total. The maximum absolute atomic E-state index is 4.68. The molecule has 0 aliphatic rings. The van der Waals surface area contributed by atoms with E-state index in [-0.39, 0.29) is 20.4 Å². The molecule has 0 unspecified atom stereocenters. The molecule has 2 rings (SSSR count). The Morgan fingerprint density at radius 3 is 1.42 bits per heavy atom. The Bertz CT molecular complexity index is 185. The summed E-state index contributed by atoms with van der Waals surface area (Å²) in [6, 6.07) is 11.9. The summed E-state index contributed by atoms with van der Waals surface area (Å²) < 4.78 is 9.19. The third kappa shape index (κ3) is 5.01. The molecule has 0 aromatic carbocycles. The van der Waals surface area contributed by atoms with Crippen LogP contribution in [-0.4, -0.2) is 20.4 Å². The Hall–Kier alpha value is -0.710. The number of hydrogen-bond acceptors (Lipinski definition) is 0. The van der Waals surface area contributed by atoms with Crippen LogP contribution in [0, 0.1) is 0 Å². The Balaban J connectivity index is 0.000000120. The van der Waals surface area contributed by atoms with E-state index in [0.717, 1.165) is 0 Å². The molecular formula is C10H10OTe+2. The van der Waals surface area contributed by atoms with Gasteiger partial charge >= 0.3 is 59.3 Å². The van der Waals surface area contributed by atoms with E-state index in [1.807, 2.05) is 18.2 Å². The Morgan fingerprint density at radius 1 is 0.667 bits per heavy atom.